The largest absolute Gasteiger partial charge is 0.384 e. The highest BCUT2D eigenvalue weighted by Gasteiger charge is 2.21. The molecule has 0 bridgehead atoms. The lowest BCUT2D eigenvalue weighted by molar-refractivity contribution is 0.154. The van der Waals surface area contributed by atoms with Gasteiger partial charge in [-0.25, -0.2) is 9.97 Å². The molecule has 2 heterocycles. The first-order valence-electron chi connectivity index (χ1n) is 6.81. The van der Waals surface area contributed by atoms with Crippen LogP contribution in [-0.2, 0) is 6.54 Å². The van der Waals surface area contributed by atoms with Crippen LogP contribution in [0.3, 0.4) is 0 Å². The van der Waals surface area contributed by atoms with Crippen molar-refractivity contribution in [1.82, 2.24) is 20.2 Å². The van der Waals surface area contributed by atoms with E-state index in [2.05, 4.69) is 27.1 Å². The van der Waals surface area contributed by atoms with Crippen molar-refractivity contribution in [3.05, 3.63) is 18.1 Å². The van der Waals surface area contributed by atoms with Crippen LogP contribution >= 0.6 is 0 Å². The minimum atomic E-state index is 0.554. The SMILES string of the molecule is CCCN(Cc1nccc(N)n1)C1CCCNC1. The molecule has 1 saturated heterocycles. The fourth-order valence-electron chi connectivity index (χ4n) is 2.50. The molecule has 0 aromatic carbocycles. The summed E-state index contributed by atoms with van der Waals surface area (Å²) < 4.78 is 0. The molecule has 100 valence electrons. The minimum absolute atomic E-state index is 0.554. The van der Waals surface area contributed by atoms with Crippen LogP contribution < -0.4 is 11.1 Å². The number of aromatic nitrogens is 2. The number of piperidine rings is 1. The maximum Gasteiger partial charge on any atom is 0.144 e. The summed E-state index contributed by atoms with van der Waals surface area (Å²) in [6, 6.07) is 2.33. The minimum Gasteiger partial charge on any atom is -0.384 e. The molecule has 0 aliphatic carbocycles. The predicted octanol–water partition coefficient (Wildman–Crippen LogP) is 1.02. The molecule has 18 heavy (non-hydrogen) atoms. The second-order valence-corrected chi connectivity index (χ2v) is 4.87. The number of anilines is 1. The van der Waals surface area contributed by atoms with Gasteiger partial charge in [0.15, 0.2) is 0 Å². The highest BCUT2D eigenvalue weighted by Crippen LogP contribution is 2.13. The third-order valence-electron chi connectivity index (χ3n) is 3.37. The number of nitrogen functional groups attached to an aromatic ring is 1. The van der Waals surface area contributed by atoms with Crippen LogP contribution in [0.15, 0.2) is 12.3 Å². The Labute approximate surface area is 109 Å². The van der Waals surface area contributed by atoms with Gasteiger partial charge in [-0.05, 0) is 38.4 Å². The molecule has 0 saturated carbocycles. The average molecular weight is 249 g/mol. The molecule has 1 atom stereocenters. The Balaban J connectivity index is 2.00. The zero-order valence-electron chi connectivity index (χ0n) is 11.1. The number of nitrogens with zero attached hydrogens (tertiary/aromatic N) is 3. The normalized spacial score (nSPS) is 20.2. The van der Waals surface area contributed by atoms with Gasteiger partial charge in [0.2, 0.25) is 0 Å². The van der Waals surface area contributed by atoms with E-state index in [4.69, 9.17) is 5.73 Å². The Kier molecular flexibility index (Phi) is 4.90. The first kappa shape index (κ1) is 13.2. The molecule has 1 aromatic rings. The van der Waals surface area contributed by atoms with E-state index in [1.807, 2.05) is 0 Å². The first-order valence-corrected chi connectivity index (χ1v) is 6.81. The van der Waals surface area contributed by atoms with Crippen LogP contribution in [0.1, 0.15) is 32.0 Å². The van der Waals surface area contributed by atoms with Gasteiger partial charge in [0.05, 0.1) is 6.54 Å². The smallest absolute Gasteiger partial charge is 0.144 e. The van der Waals surface area contributed by atoms with Gasteiger partial charge in [0.25, 0.3) is 0 Å². The van der Waals surface area contributed by atoms with Crippen LogP contribution in [0.25, 0.3) is 0 Å². The first-order chi connectivity index (χ1) is 8.79. The summed E-state index contributed by atoms with van der Waals surface area (Å²) >= 11 is 0. The third-order valence-corrected chi connectivity index (χ3v) is 3.37. The van der Waals surface area contributed by atoms with Crippen molar-refractivity contribution in [3.8, 4) is 0 Å². The van der Waals surface area contributed by atoms with E-state index in [-0.39, 0.29) is 0 Å². The zero-order valence-corrected chi connectivity index (χ0v) is 11.1. The second kappa shape index (κ2) is 6.66. The average Bonchev–Trinajstić information content (AvgIpc) is 2.39. The lowest BCUT2D eigenvalue weighted by Gasteiger charge is -2.34. The van der Waals surface area contributed by atoms with Gasteiger partial charge in [-0.15, -0.1) is 0 Å². The van der Waals surface area contributed by atoms with Gasteiger partial charge in [-0.3, -0.25) is 4.90 Å². The van der Waals surface area contributed by atoms with Gasteiger partial charge < -0.3 is 11.1 Å². The molecule has 0 radical (unpaired) electrons. The summed E-state index contributed by atoms with van der Waals surface area (Å²) in [5.41, 5.74) is 5.70. The van der Waals surface area contributed by atoms with Crippen molar-refractivity contribution in [2.45, 2.75) is 38.8 Å². The molecule has 1 unspecified atom stereocenters. The van der Waals surface area contributed by atoms with Crippen molar-refractivity contribution < 1.29 is 0 Å². The highest BCUT2D eigenvalue weighted by atomic mass is 15.2. The molecule has 5 nitrogen and oxygen atoms in total. The number of hydrogen-bond acceptors (Lipinski definition) is 5. The maximum absolute atomic E-state index is 5.70. The fraction of sp³-hybridized carbons (Fsp3) is 0.692. The zero-order chi connectivity index (χ0) is 12.8. The van der Waals surface area contributed by atoms with Crippen LogP contribution in [0.5, 0.6) is 0 Å². The monoisotopic (exact) mass is 249 g/mol. The Morgan fingerprint density at radius 3 is 3.11 bits per heavy atom. The van der Waals surface area contributed by atoms with E-state index in [0.29, 0.717) is 11.9 Å². The highest BCUT2D eigenvalue weighted by molar-refractivity contribution is 5.24. The summed E-state index contributed by atoms with van der Waals surface area (Å²) in [5.74, 6) is 1.38. The quantitative estimate of drug-likeness (QED) is 0.815. The number of hydrogen-bond donors (Lipinski definition) is 2. The number of nitrogens with two attached hydrogens (primary N) is 1. The topological polar surface area (TPSA) is 67.1 Å². The Morgan fingerprint density at radius 2 is 2.44 bits per heavy atom. The third kappa shape index (κ3) is 3.65. The molecular weight excluding hydrogens is 226 g/mol. The van der Waals surface area contributed by atoms with Crippen molar-refractivity contribution >= 4 is 5.82 Å². The number of nitrogens with one attached hydrogen (secondary N) is 1. The van der Waals surface area contributed by atoms with Crippen molar-refractivity contribution in [1.29, 1.82) is 0 Å². The predicted molar refractivity (Wildman–Crippen MR) is 73.0 cm³/mol. The van der Waals surface area contributed by atoms with Crippen LogP contribution in [0.4, 0.5) is 5.82 Å². The summed E-state index contributed by atoms with van der Waals surface area (Å²) in [7, 11) is 0. The Hall–Kier alpha value is -1.20. The van der Waals surface area contributed by atoms with Gasteiger partial charge in [-0.1, -0.05) is 6.92 Å². The summed E-state index contributed by atoms with van der Waals surface area (Å²) in [6.45, 7) is 6.31. The molecule has 1 aromatic heterocycles. The van der Waals surface area contributed by atoms with Gasteiger partial charge in [-0.2, -0.15) is 0 Å². The molecule has 0 spiro atoms. The second-order valence-electron chi connectivity index (χ2n) is 4.87. The fourth-order valence-corrected chi connectivity index (χ4v) is 2.50. The molecule has 5 heteroatoms. The summed E-state index contributed by atoms with van der Waals surface area (Å²) in [4.78, 5) is 11.1. The summed E-state index contributed by atoms with van der Waals surface area (Å²) in [5, 5.41) is 3.46. The Bertz CT molecular complexity index is 362. The van der Waals surface area contributed by atoms with Gasteiger partial charge in [0.1, 0.15) is 11.6 Å². The van der Waals surface area contributed by atoms with Crippen molar-refractivity contribution in [2.24, 2.45) is 0 Å². The lowest BCUT2D eigenvalue weighted by atomic mass is 10.1. The molecule has 3 N–H and O–H groups in total. The Morgan fingerprint density at radius 1 is 1.56 bits per heavy atom. The van der Waals surface area contributed by atoms with Gasteiger partial charge >= 0.3 is 0 Å². The van der Waals surface area contributed by atoms with E-state index in [0.717, 1.165) is 38.4 Å². The van der Waals surface area contributed by atoms with E-state index in [9.17, 15) is 0 Å². The van der Waals surface area contributed by atoms with E-state index < -0.39 is 0 Å². The number of rotatable bonds is 5. The molecular formula is C13H23N5. The molecule has 1 aliphatic rings. The van der Waals surface area contributed by atoms with Crippen LogP contribution in [-0.4, -0.2) is 40.5 Å². The molecule has 2 rings (SSSR count). The summed E-state index contributed by atoms with van der Waals surface area (Å²) in [6.07, 6.45) is 5.40. The van der Waals surface area contributed by atoms with E-state index >= 15 is 0 Å². The maximum atomic E-state index is 5.70. The molecule has 0 amide bonds. The van der Waals surface area contributed by atoms with Crippen LogP contribution in [0.2, 0.25) is 0 Å². The van der Waals surface area contributed by atoms with Crippen molar-refractivity contribution in [2.75, 3.05) is 25.4 Å². The van der Waals surface area contributed by atoms with Crippen LogP contribution in [0, 0.1) is 0 Å². The van der Waals surface area contributed by atoms with E-state index in [1.165, 1.54) is 12.8 Å². The van der Waals surface area contributed by atoms with Gasteiger partial charge in [0, 0.05) is 18.8 Å². The van der Waals surface area contributed by atoms with E-state index in [1.54, 1.807) is 12.3 Å². The standard InChI is InChI=1S/C13H23N5/c1-2-8-18(11-4-3-6-15-9-11)10-13-16-7-5-12(14)17-13/h5,7,11,15H,2-4,6,8-10H2,1H3,(H2,14,16,17). The van der Waals surface area contributed by atoms with Crippen molar-refractivity contribution in [3.63, 3.8) is 0 Å². The molecule has 1 fully saturated rings. The molecule has 1 aliphatic heterocycles. The lowest BCUT2D eigenvalue weighted by Crippen LogP contribution is -2.46.